The number of hydrogen-bond donors (Lipinski definition) is 1. The summed E-state index contributed by atoms with van der Waals surface area (Å²) < 4.78 is 0. The summed E-state index contributed by atoms with van der Waals surface area (Å²) in [4.78, 5) is 13.4. The van der Waals surface area contributed by atoms with E-state index in [9.17, 15) is 10.1 Å². The molecule has 54 valence electrons. The number of allylic oxidation sites excluding steroid dienone is 1. The maximum Gasteiger partial charge on any atom is 0.302 e. The van der Waals surface area contributed by atoms with Crippen LogP contribution in [-0.2, 0) is 0 Å². The molecule has 0 unspecified atom stereocenters. The van der Waals surface area contributed by atoms with Crippen molar-refractivity contribution in [3.63, 3.8) is 0 Å². The van der Waals surface area contributed by atoms with Crippen molar-refractivity contribution in [1.82, 2.24) is 5.32 Å². The highest BCUT2D eigenvalue weighted by Crippen LogP contribution is 1.91. The zero-order valence-corrected chi connectivity index (χ0v) is 5.28. The topological polar surface area (TPSA) is 67.5 Å². The van der Waals surface area contributed by atoms with Gasteiger partial charge in [-0.05, 0) is 0 Å². The van der Waals surface area contributed by atoms with Crippen molar-refractivity contribution in [1.29, 1.82) is 0 Å². The van der Waals surface area contributed by atoms with Crippen molar-refractivity contribution >= 4 is 6.21 Å². The third-order valence-electron chi connectivity index (χ3n) is 1.07. The fourth-order valence-corrected chi connectivity index (χ4v) is 0.601. The first kappa shape index (κ1) is 6.73. The van der Waals surface area contributed by atoms with Crippen LogP contribution < -0.4 is 5.32 Å². The Kier molecular flexibility index (Phi) is 1.99. The number of hydrogen-bond acceptors (Lipinski definition) is 4. The molecule has 0 bridgehead atoms. The van der Waals surface area contributed by atoms with Gasteiger partial charge in [-0.1, -0.05) is 0 Å². The van der Waals surface area contributed by atoms with Crippen molar-refractivity contribution in [3.8, 4) is 0 Å². The molecule has 5 heteroatoms. The first-order valence-electron chi connectivity index (χ1n) is 2.88. The van der Waals surface area contributed by atoms with Crippen molar-refractivity contribution < 1.29 is 4.92 Å². The van der Waals surface area contributed by atoms with Crippen LogP contribution in [0.15, 0.2) is 16.9 Å². The lowest BCUT2D eigenvalue weighted by atomic mass is 10.5. The molecule has 0 radical (unpaired) electrons. The van der Waals surface area contributed by atoms with Crippen LogP contribution in [0.4, 0.5) is 0 Å². The molecule has 1 aliphatic rings. The Morgan fingerprint density at radius 3 is 3.30 bits per heavy atom. The van der Waals surface area contributed by atoms with Gasteiger partial charge in [-0.15, -0.1) is 0 Å². The Balaban J connectivity index is 2.70. The molecule has 0 aromatic heterocycles. The molecule has 0 amide bonds. The Bertz CT molecular complexity index is 197. The molecule has 0 aliphatic carbocycles. The highest BCUT2D eigenvalue weighted by molar-refractivity contribution is 5.75. The fraction of sp³-hybridized carbons (Fsp3) is 0.400. The van der Waals surface area contributed by atoms with Gasteiger partial charge in [-0.2, -0.15) is 0 Å². The average molecular weight is 141 g/mol. The van der Waals surface area contributed by atoms with E-state index in [2.05, 4.69) is 10.3 Å². The lowest BCUT2D eigenvalue weighted by Crippen LogP contribution is -2.10. The van der Waals surface area contributed by atoms with Crippen molar-refractivity contribution in [2.45, 2.75) is 0 Å². The van der Waals surface area contributed by atoms with Gasteiger partial charge in [0.25, 0.3) is 0 Å². The van der Waals surface area contributed by atoms with Crippen LogP contribution in [0, 0.1) is 10.1 Å². The van der Waals surface area contributed by atoms with E-state index in [4.69, 9.17) is 0 Å². The highest BCUT2D eigenvalue weighted by atomic mass is 16.6. The maximum absolute atomic E-state index is 10.1. The summed E-state index contributed by atoms with van der Waals surface area (Å²) in [6.07, 6.45) is 2.62. The van der Waals surface area contributed by atoms with Gasteiger partial charge >= 0.3 is 5.70 Å². The molecule has 0 atom stereocenters. The predicted molar refractivity (Wildman–Crippen MR) is 36.4 cm³/mol. The third kappa shape index (κ3) is 1.54. The zero-order valence-electron chi connectivity index (χ0n) is 5.28. The summed E-state index contributed by atoms with van der Waals surface area (Å²) >= 11 is 0. The molecule has 0 aromatic rings. The summed E-state index contributed by atoms with van der Waals surface area (Å²) in [5.41, 5.74) is 0.0116. The van der Waals surface area contributed by atoms with Crippen LogP contribution in [0.25, 0.3) is 0 Å². The second kappa shape index (κ2) is 2.95. The minimum Gasteiger partial charge on any atom is -0.383 e. The van der Waals surface area contributed by atoms with Crippen LogP contribution in [0.2, 0.25) is 0 Å². The van der Waals surface area contributed by atoms with E-state index >= 15 is 0 Å². The fourth-order valence-electron chi connectivity index (χ4n) is 0.601. The molecular weight excluding hydrogens is 134 g/mol. The number of nitrogens with zero attached hydrogens (tertiary/aromatic N) is 2. The van der Waals surface area contributed by atoms with Crippen molar-refractivity contribution in [2.75, 3.05) is 13.1 Å². The number of nitro groups is 1. The van der Waals surface area contributed by atoms with Crippen LogP contribution in [-0.4, -0.2) is 24.2 Å². The minimum atomic E-state index is -0.470. The van der Waals surface area contributed by atoms with Crippen LogP contribution in [0.5, 0.6) is 0 Å². The summed E-state index contributed by atoms with van der Waals surface area (Å²) in [5.74, 6) is 0. The Morgan fingerprint density at radius 1 is 1.80 bits per heavy atom. The predicted octanol–water partition coefficient (Wildman–Crippen LogP) is -0.222. The van der Waals surface area contributed by atoms with Gasteiger partial charge in [0.15, 0.2) is 0 Å². The molecule has 0 aromatic carbocycles. The van der Waals surface area contributed by atoms with Crippen LogP contribution in [0.1, 0.15) is 0 Å². The summed E-state index contributed by atoms with van der Waals surface area (Å²) in [6, 6.07) is 0. The van der Waals surface area contributed by atoms with Gasteiger partial charge < -0.3 is 5.32 Å². The first-order valence-corrected chi connectivity index (χ1v) is 2.88. The molecule has 5 nitrogen and oxygen atoms in total. The van der Waals surface area contributed by atoms with E-state index in [1.165, 1.54) is 12.4 Å². The molecule has 10 heavy (non-hydrogen) atoms. The second-order valence-corrected chi connectivity index (χ2v) is 1.82. The molecule has 0 spiro atoms. The van der Waals surface area contributed by atoms with Crippen LogP contribution in [0.3, 0.4) is 0 Å². The van der Waals surface area contributed by atoms with E-state index in [0.29, 0.717) is 13.1 Å². The Morgan fingerprint density at radius 2 is 2.60 bits per heavy atom. The molecule has 0 fully saturated rings. The molecule has 1 heterocycles. The van der Waals surface area contributed by atoms with E-state index in [0.717, 1.165) is 0 Å². The maximum atomic E-state index is 10.1. The van der Waals surface area contributed by atoms with Gasteiger partial charge in [-0.3, -0.25) is 15.1 Å². The smallest absolute Gasteiger partial charge is 0.302 e. The number of nitrogens with one attached hydrogen (secondary N) is 1. The molecule has 1 N–H and O–H groups in total. The molecule has 0 saturated heterocycles. The summed E-state index contributed by atoms with van der Waals surface area (Å²) in [5, 5.41) is 12.9. The Labute approximate surface area is 57.6 Å². The molecular formula is C5H7N3O2. The number of aliphatic imine (C=N–C) groups is 1. The van der Waals surface area contributed by atoms with E-state index in [-0.39, 0.29) is 5.70 Å². The van der Waals surface area contributed by atoms with Crippen LogP contribution >= 0.6 is 0 Å². The SMILES string of the molecule is O=[N+]([O-])C1=CNCCN=C1. The quantitative estimate of drug-likeness (QED) is 0.405. The normalized spacial score (nSPS) is 17.0. The minimum absolute atomic E-state index is 0.0116. The summed E-state index contributed by atoms with van der Waals surface area (Å²) in [7, 11) is 0. The van der Waals surface area contributed by atoms with Crippen molar-refractivity contribution in [3.05, 3.63) is 22.0 Å². The first-order chi connectivity index (χ1) is 4.80. The Hall–Kier alpha value is -1.39. The van der Waals surface area contributed by atoms with E-state index in [1.807, 2.05) is 0 Å². The standard InChI is InChI=1S/C5H7N3O2/c9-8(10)5-3-6-1-2-7-4-5/h3-4,6H,1-2H2. The van der Waals surface area contributed by atoms with Gasteiger partial charge in [0.2, 0.25) is 0 Å². The number of rotatable bonds is 1. The molecule has 0 saturated carbocycles. The van der Waals surface area contributed by atoms with Gasteiger partial charge in [0, 0.05) is 6.54 Å². The monoisotopic (exact) mass is 141 g/mol. The lowest BCUT2D eigenvalue weighted by molar-refractivity contribution is -0.414. The van der Waals surface area contributed by atoms with Gasteiger partial charge in [0.05, 0.1) is 17.7 Å². The highest BCUT2D eigenvalue weighted by Gasteiger charge is 2.06. The van der Waals surface area contributed by atoms with E-state index in [1.54, 1.807) is 0 Å². The van der Waals surface area contributed by atoms with Gasteiger partial charge in [-0.25, -0.2) is 0 Å². The molecule has 1 aliphatic heterocycles. The van der Waals surface area contributed by atoms with Crippen molar-refractivity contribution in [2.24, 2.45) is 4.99 Å². The van der Waals surface area contributed by atoms with Gasteiger partial charge in [0.1, 0.15) is 6.21 Å². The summed E-state index contributed by atoms with van der Waals surface area (Å²) in [6.45, 7) is 1.25. The lowest BCUT2D eigenvalue weighted by Gasteiger charge is -1.89. The largest absolute Gasteiger partial charge is 0.383 e. The second-order valence-electron chi connectivity index (χ2n) is 1.82. The zero-order chi connectivity index (χ0) is 7.40. The third-order valence-corrected chi connectivity index (χ3v) is 1.07. The average Bonchev–Trinajstić information content (AvgIpc) is 2.12. The van der Waals surface area contributed by atoms with E-state index < -0.39 is 4.92 Å². The molecule has 1 rings (SSSR count).